The Hall–Kier alpha value is -2.14. The summed E-state index contributed by atoms with van der Waals surface area (Å²) in [7, 11) is 0. The van der Waals surface area contributed by atoms with E-state index in [1.54, 1.807) is 0 Å². The van der Waals surface area contributed by atoms with E-state index >= 15 is 0 Å². The van der Waals surface area contributed by atoms with Crippen molar-refractivity contribution in [2.45, 2.75) is 187 Å². The summed E-state index contributed by atoms with van der Waals surface area (Å²) >= 11 is 0. The van der Waals surface area contributed by atoms with Gasteiger partial charge in [0.05, 0.1) is 13.2 Å². The van der Waals surface area contributed by atoms with Crippen molar-refractivity contribution in [1.29, 1.82) is 0 Å². The molecular weight excluding hydrogens is 596 g/mol. The number of rotatable bonds is 36. The zero-order valence-corrected chi connectivity index (χ0v) is 31.5. The van der Waals surface area contributed by atoms with E-state index in [2.05, 4.69) is 62.5 Å². The van der Waals surface area contributed by atoms with Crippen molar-refractivity contribution in [3.05, 3.63) is 48.6 Å². The number of hydrogen-bond donors (Lipinski definition) is 1. The molecule has 0 fully saturated rings. The highest BCUT2D eigenvalue weighted by molar-refractivity contribution is 5.69. The molecule has 48 heavy (non-hydrogen) atoms. The molecule has 0 saturated heterocycles. The van der Waals surface area contributed by atoms with Gasteiger partial charge in [-0.05, 0) is 89.9 Å². The van der Waals surface area contributed by atoms with Crippen LogP contribution in [0.2, 0.25) is 0 Å². The fourth-order valence-corrected chi connectivity index (χ4v) is 5.49. The summed E-state index contributed by atoms with van der Waals surface area (Å²) in [4.78, 5) is 24.7. The zero-order valence-electron chi connectivity index (χ0n) is 31.5. The first-order valence-electron chi connectivity index (χ1n) is 20.2. The smallest absolute Gasteiger partial charge is 0.305 e. The number of hydrogen-bond acceptors (Lipinski definition) is 5. The van der Waals surface area contributed by atoms with E-state index < -0.39 is 0 Å². The van der Waals surface area contributed by atoms with Crippen LogP contribution in [0.1, 0.15) is 187 Å². The van der Waals surface area contributed by atoms with Gasteiger partial charge in [0.1, 0.15) is 0 Å². The number of allylic oxidation sites excluding steroid dienone is 8. The van der Waals surface area contributed by atoms with Gasteiger partial charge in [-0.2, -0.15) is 0 Å². The van der Waals surface area contributed by atoms with Crippen LogP contribution in [0, 0.1) is 5.92 Å². The Morgan fingerprint density at radius 3 is 1.25 bits per heavy atom. The topological polar surface area (TPSA) is 72.8 Å². The molecule has 0 unspecified atom stereocenters. The molecule has 0 aromatic carbocycles. The third-order valence-corrected chi connectivity index (χ3v) is 8.64. The second kappa shape index (κ2) is 39.3. The number of aliphatic hydroxyl groups excluding tert-OH is 1. The zero-order chi connectivity index (χ0) is 35.0. The van der Waals surface area contributed by atoms with E-state index in [9.17, 15) is 9.59 Å². The molecule has 0 aromatic heterocycles. The number of esters is 2. The SMILES string of the molecule is CCCCC/C=C\C/C=C\CCCCCCCC(=O)OCC(CCCCO)COC(=O)CCCCCCC/C=C\C/C=C\CCCCC. The lowest BCUT2D eigenvalue weighted by Crippen LogP contribution is -2.21. The minimum atomic E-state index is -0.163. The van der Waals surface area contributed by atoms with Crippen LogP contribution >= 0.6 is 0 Å². The Morgan fingerprint density at radius 2 is 0.854 bits per heavy atom. The number of unbranched alkanes of at least 4 members (excludes halogenated alkanes) is 17. The summed E-state index contributed by atoms with van der Waals surface area (Å²) in [5, 5.41) is 9.16. The van der Waals surface area contributed by atoms with Crippen LogP contribution in [0.4, 0.5) is 0 Å². The molecule has 0 radical (unpaired) electrons. The van der Waals surface area contributed by atoms with Gasteiger partial charge in [0.2, 0.25) is 0 Å². The van der Waals surface area contributed by atoms with Crippen LogP contribution in [-0.4, -0.2) is 36.9 Å². The van der Waals surface area contributed by atoms with Crippen LogP contribution in [0.3, 0.4) is 0 Å². The number of carbonyl (C=O) groups is 2. The highest BCUT2D eigenvalue weighted by atomic mass is 16.5. The largest absolute Gasteiger partial charge is 0.465 e. The first-order chi connectivity index (χ1) is 23.6. The normalized spacial score (nSPS) is 12.1. The fourth-order valence-electron chi connectivity index (χ4n) is 5.49. The Morgan fingerprint density at radius 1 is 0.479 bits per heavy atom. The van der Waals surface area contributed by atoms with Crippen LogP contribution in [0.25, 0.3) is 0 Å². The van der Waals surface area contributed by atoms with Crippen LogP contribution in [0.15, 0.2) is 48.6 Å². The van der Waals surface area contributed by atoms with Gasteiger partial charge < -0.3 is 14.6 Å². The van der Waals surface area contributed by atoms with Gasteiger partial charge in [0, 0.05) is 25.4 Å². The number of carbonyl (C=O) groups excluding carboxylic acids is 2. The molecule has 5 heteroatoms. The summed E-state index contributed by atoms with van der Waals surface area (Å²) in [5.74, 6) is -0.341. The maximum Gasteiger partial charge on any atom is 0.305 e. The Bertz CT molecular complexity index is 750. The van der Waals surface area contributed by atoms with E-state index in [0.717, 1.165) is 77.0 Å². The Kier molecular flexibility index (Phi) is 37.5. The summed E-state index contributed by atoms with van der Waals surface area (Å²) in [6.45, 7) is 5.18. The van der Waals surface area contributed by atoms with Gasteiger partial charge in [-0.3, -0.25) is 9.59 Å². The number of ether oxygens (including phenoxy) is 2. The van der Waals surface area contributed by atoms with Crippen LogP contribution < -0.4 is 0 Å². The van der Waals surface area contributed by atoms with Crippen molar-refractivity contribution >= 4 is 11.9 Å². The molecule has 5 nitrogen and oxygen atoms in total. The van der Waals surface area contributed by atoms with Crippen molar-refractivity contribution in [3.63, 3.8) is 0 Å². The van der Waals surface area contributed by atoms with Crippen molar-refractivity contribution < 1.29 is 24.2 Å². The monoisotopic (exact) mass is 673 g/mol. The van der Waals surface area contributed by atoms with Gasteiger partial charge in [-0.25, -0.2) is 0 Å². The molecule has 0 atom stereocenters. The maximum atomic E-state index is 12.3. The molecule has 0 heterocycles. The molecular formula is C43H76O5. The van der Waals surface area contributed by atoms with E-state index in [4.69, 9.17) is 14.6 Å². The van der Waals surface area contributed by atoms with Crippen LogP contribution in [0.5, 0.6) is 0 Å². The van der Waals surface area contributed by atoms with Gasteiger partial charge in [-0.1, -0.05) is 133 Å². The average molecular weight is 673 g/mol. The quantitative estimate of drug-likeness (QED) is 0.0407. The summed E-state index contributed by atoms with van der Waals surface area (Å²) < 4.78 is 11.1. The second-order valence-electron chi connectivity index (χ2n) is 13.4. The lowest BCUT2D eigenvalue weighted by molar-refractivity contribution is -0.149. The van der Waals surface area contributed by atoms with Crippen molar-refractivity contribution in [2.24, 2.45) is 5.92 Å². The predicted octanol–water partition coefficient (Wildman–Crippen LogP) is 12.5. The Labute approximate surface area is 297 Å². The first kappa shape index (κ1) is 45.9. The minimum Gasteiger partial charge on any atom is -0.465 e. The highest BCUT2D eigenvalue weighted by Crippen LogP contribution is 2.14. The van der Waals surface area contributed by atoms with Gasteiger partial charge in [0.15, 0.2) is 0 Å². The summed E-state index contributed by atoms with van der Waals surface area (Å²) in [6.07, 6.45) is 46.9. The molecule has 278 valence electrons. The van der Waals surface area contributed by atoms with Crippen molar-refractivity contribution in [3.8, 4) is 0 Å². The summed E-state index contributed by atoms with van der Waals surface area (Å²) in [6, 6.07) is 0. The molecule has 0 aliphatic heterocycles. The Balaban J connectivity index is 3.89. The highest BCUT2D eigenvalue weighted by Gasteiger charge is 2.15. The van der Waals surface area contributed by atoms with E-state index in [1.807, 2.05) is 0 Å². The lowest BCUT2D eigenvalue weighted by Gasteiger charge is -2.17. The van der Waals surface area contributed by atoms with Crippen molar-refractivity contribution in [1.82, 2.24) is 0 Å². The van der Waals surface area contributed by atoms with E-state index in [-0.39, 0.29) is 37.7 Å². The van der Waals surface area contributed by atoms with Crippen LogP contribution in [-0.2, 0) is 19.1 Å². The molecule has 0 aliphatic carbocycles. The van der Waals surface area contributed by atoms with Gasteiger partial charge >= 0.3 is 11.9 Å². The van der Waals surface area contributed by atoms with Gasteiger partial charge in [-0.15, -0.1) is 0 Å². The standard InChI is InChI=1S/C43H76O5/c1-3-5-7-9-11-13-15-17-19-21-23-25-27-29-31-36-42(45)47-39-41(35-33-34-38-44)40-48-43(46)37-32-30-28-26-24-22-20-18-16-14-12-10-8-6-4-2/h11-14,17-20,41,44H,3-10,15-16,21-40H2,1-2H3/b13-11-,14-12-,19-17-,20-18-. The van der Waals surface area contributed by atoms with E-state index in [0.29, 0.717) is 19.3 Å². The average Bonchev–Trinajstić information content (AvgIpc) is 3.09. The molecule has 0 aliphatic rings. The molecule has 0 saturated carbocycles. The maximum absolute atomic E-state index is 12.3. The number of aliphatic hydroxyl groups is 1. The predicted molar refractivity (Wildman–Crippen MR) is 205 cm³/mol. The first-order valence-corrected chi connectivity index (χ1v) is 20.2. The molecule has 0 bridgehead atoms. The molecule has 1 N–H and O–H groups in total. The lowest BCUT2D eigenvalue weighted by atomic mass is 10.0. The van der Waals surface area contributed by atoms with E-state index in [1.165, 1.54) is 77.0 Å². The third kappa shape index (κ3) is 36.7. The molecule has 0 aromatic rings. The van der Waals surface area contributed by atoms with Gasteiger partial charge in [0.25, 0.3) is 0 Å². The second-order valence-corrected chi connectivity index (χ2v) is 13.4. The molecule has 0 spiro atoms. The minimum absolute atomic E-state index is 0.0151. The van der Waals surface area contributed by atoms with Crippen molar-refractivity contribution in [2.75, 3.05) is 19.8 Å². The fraction of sp³-hybridized carbons (Fsp3) is 0.767. The molecule has 0 rings (SSSR count). The summed E-state index contributed by atoms with van der Waals surface area (Å²) in [5.41, 5.74) is 0. The molecule has 0 amide bonds. The third-order valence-electron chi connectivity index (χ3n) is 8.64.